The summed E-state index contributed by atoms with van der Waals surface area (Å²) in [6.07, 6.45) is 5.57. The molecule has 7 heteroatoms. The number of anilines is 1. The molecule has 3 aliphatic rings. The lowest BCUT2D eigenvalue weighted by Gasteiger charge is -2.32. The summed E-state index contributed by atoms with van der Waals surface area (Å²) in [5.74, 6) is 0.591. The molecule has 2 aromatic rings. The van der Waals surface area contributed by atoms with E-state index in [0.29, 0.717) is 17.8 Å². The molecule has 2 saturated carbocycles. The number of rotatable bonds is 6. The standard InChI is InChI=1S/C23H29N5O2/c1-15-19(7-6-18-20(15)28(17-4-5-17)22(30)25-21(18)29)27-12-8-16(14-27)23(9-10-23)26(3)13-11-24-2/h6-7,16-17H,4-5,8-14H2,1,3H3,(H,25,29,30). The number of aryl methyl sites for hydroxylation is 1. The first-order chi connectivity index (χ1) is 14.5. The van der Waals surface area contributed by atoms with Gasteiger partial charge >= 0.3 is 5.69 Å². The Labute approximate surface area is 176 Å². The average molecular weight is 408 g/mol. The zero-order valence-corrected chi connectivity index (χ0v) is 17.8. The van der Waals surface area contributed by atoms with E-state index in [4.69, 9.17) is 6.57 Å². The number of aromatic amines is 1. The number of aromatic nitrogens is 2. The fourth-order valence-electron chi connectivity index (χ4n) is 5.60. The number of nitrogens with zero attached hydrogens (tertiary/aromatic N) is 4. The van der Waals surface area contributed by atoms with Crippen molar-refractivity contribution in [1.82, 2.24) is 14.5 Å². The van der Waals surface area contributed by atoms with Crippen molar-refractivity contribution in [3.05, 3.63) is 50.0 Å². The van der Waals surface area contributed by atoms with E-state index in [0.717, 1.165) is 55.7 Å². The van der Waals surface area contributed by atoms with Gasteiger partial charge in [0.25, 0.3) is 5.56 Å². The van der Waals surface area contributed by atoms with Crippen LogP contribution in [-0.2, 0) is 0 Å². The van der Waals surface area contributed by atoms with E-state index in [2.05, 4.69) is 39.7 Å². The molecular weight excluding hydrogens is 378 g/mol. The van der Waals surface area contributed by atoms with Crippen LogP contribution in [0.2, 0.25) is 0 Å². The number of H-pyrrole nitrogens is 1. The van der Waals surface area contributed by atoms with Crippen LogP contribution in [0.5, 0.6) is 0 Å². The number of likely N-dealkylation sites (N-methyl/N-ethyl adjacent to an activating group) is 1. The Bertz CT molecular complexity index is 1150. The summed E-state index contributed by atoms with van der Waals surface area (Å²) in [6.45, 7) is 12.5. The molecule has 1 aromatic carbocycles. The Morgan fingerprint density at radius 2 is 2.03 bits per heavy atom. The van der Waals surface area contributed by atoms with E-state index in [1.54, 1.807) is 0 Å². The molecule has 1 N–H and O–H groups in total. The smallest absolute Gasteiger partial charge is 0.329 e. The highest BCUT2D eigenvalue weighted by molar-refractivity contribution is 5.87. The molecule has 2 heterocycles. The fraction of sp³-hybridized carbons (Fsp3) is 0.609. The van der Waals surface area contributed by atoms with Crippen LogP contribution in [0.1, 0.15) is 43.7 Å². The van der Waals surface area contributed by atoms with Gasteiger partial charge in [-0.3, -0.25) is 19.2 Å². The van der Waals surface area contributed by atoms with Gasteiger partial charge in [-0.1, -0.05) is 0 Å². The zero-order valence-electron chi connectivity index (χ0n) is 17.8. The Kier molecular flexibility index (Phi) is 4.51. The molecule has 3 fully saturated rings. The van der Waals surface area contributed by atoms with Gasteiger partial charge in [-0.25, -0.2) is 11.4 Å². The van der Waals surface area contributed by atoms with Gasteiger partial charge in [0.1, 0.15) is 0 Å². The number of benzene rings is 1. The third kappa shape index (κ3) is 2.97. The van der Waals surface area contributed by atoms with Crippen LogP contribution in [0.15, 0.2) is 21.7 Å². The van der Waals surface area contributed by atoms with Crippen LogP contribution < -0.4 is 16.1 Å². The molecular formula is C23H29N5O2. The molecule has 1 aromatic heterocycles. The van der Waals surface area contributed by atoms with Crippen molar-refractivity contribution in [2.75, 3.05) is 38.1 Å². The average Bonchev–Trinajstić information content (AvgIpc) is 3.66. The highest BCUT2D eigenvalue weighted by Gasteiger charge is 2.54. The predicted molar refractivity (Wildman–Crippen MR) is 118 cm³/mol. The van der Waals surface area contributed by atoms with Crippen LogP contribution in [0.3, 0.4) is 0 Å². The van der Waals surface area contributed by atoms with Gasteiger partial charge < -0.3 is 9.74 Å². The molecule has 30 heavy (non-hydrogen) atoms. The minimum atomic E-state index is -0.292. The van der Waals surface area contributed by atoms with Crippen molar-refractivity contribution < 1.29 is 0 Å². The second-order valence-corrected chi connectivity index (χ2v) is 9.30. The SMILES string of the molecule is [C-]#[N+]CCN(C)C1(C2CCN(c3ccc4c(=O)[nH]c(=O)n(C5CC5)c4c3C)C2)CC1. The number of fused-ring (bicyclic) bond motifs is 1. The quantitative estimate of drug-likeness (QED) is 0.748. The topological polar surface area (TPSA) is 65.7 Å². The first-order valence-corrected chi connectivity index (χ1v) is 11.0. The second-order valence-electron chi connectivity index (χ2n) is 9.30. The lowest BCUT2D eigenvalue weighted by atomic mass is 9.95. The fourth-order valence-corrected chi connectivity index (χ4v) is 5.60. The van der Waals surface area contributed by atoms with E-state index in [-0.39, 0.29) is 22.8 Å². The molecule has 1 saturated heterocycles. The third-order valence-corrected chi connectivity index (χ3v) is 7.60. The molecule has 0 bridgehead atoms. The zero-order chi connectivity index (χ0) is 21.0. The number of hydrogen-bond acceptors (Lipinski definition) is 4. The van der Waals surface area contributed by atoms with Crippen molar-refractivity contribution in [2.45, 2.75) is 50.6 Å². The first kappa shape index (κ1) is 19.4. The number of nitrogens with one attached hydrogen (secondary N) is 1. The van der Waals surface area contributed by atoms with E-state index in [1.165, 1.54) is 12.8 Å². The largest absolute Gasteiger partial charge is 0.371 e. The van der Waals surface area contributed by atoms with Crippen LogP contribution >= 0.6 is 0 Å². The first-order valence-electron chi connectivity index (χ1n) is 11.0. The Morgan fingerprint density at radius 1 is 1.27 bits per heavy atom. The molecule has 5 rings (SSSR count). The molecule has 2 aliphatic carbocycles. The highest BCUT2D eigenvalue weighted by Crippen LogP contribution is 2.51. The molecule has 0 spiro atoms. The summed E-state index contributed by atoms with van der Waals surface area (Å²) in [5.41, 5.74) is 2.66. The van der Waals surface area contributed by atoms with E-state index in [1.807, 2.05) is 10.6 Å². The monoisotopic (exact) mass is 407 g/mol. The normalized spacial score (nSPS) is 22.6. The van der Waals surface area contributed by atoms with Gasteiger partial charge in [0, 0.05) is 30.4 Å². The molecule has 0 radical (unpaired) electrons. The van der Waals surface area contributed by atoms with Crippen molar-refractivity contribution >= 4 is 16.6 Å². The van der Waals surface area contributed by atoms with Crippen LogP contribution in [0.4, 0.5) is 5.69 Å². The van der Waals surface area contributed by atoms with Crippen molar-refractivity contribution in [3.8, 4) is 0 Å². The van der Waals surface area contributed by atoms with Gasteiger partial charge in [0.05, 0.1) is 17.4 Å². The summed E-state index contributed by atoms with van der Waals surface area (Å²) >= 11 is 0. The van der Waals surface area contributed by atoms with Gasteiger partial charge in [0.15, 0.2) is 0 Å². The minimum absolute atomic E-state index is 0.211. The minimum Gasteiger partial charge on any atom is -0.371 e. The molecule has 1 atom stereocenters. The maximum atomic E-state index is 12.5. The maximum Gasteiger partial charge on any atom is 0.329 e. The summed E-state index contributed by atoms with van der Waals surface area (Å²) in [7, 11) is 2.17. The van der Waals surface area contributed by atoms with E-state index >= 15 is 0 Å². The van der Waals surface area contributed by atoms with Gasteiger partial charge in [-0.15, -0.1) is 0 Å². The van der Waals surface area contributed by atoms with Crippen LogP contribution in [0.25, 0.3) is 15.7 Å². The number of hydrogen-bond donors (Lipinski definition) is 1. The lowest BCUT2D eigenvalue weighted by Crippen LogP contribution is -2.42. The molecule has 7 nitrogen and oxygen atoms in total. The second kappa shape index (κ2) is 6.98. The summed E-state index contributed by atoms with van der Waals surface area (Å²) < 4.78 is 1.81. The van der Waals surface area contributed by atoms with Crippen molar-refractivity contribution in [2.24, 2.45) is 5.92 Å². The van der Waals surface area contributed by atoms with Crippen LogP contribution in [0, 0.1) is 19.4 Å². The lowest BCUT2D eigenvalue weighted by molar-refractivity contribution is 0.168. The summed E-state index contributed by atoms with van der Waals surface area (Å²) in [6, 6.07) is 4.15. The van der Waals surface area contributed by atoms with E-state index in [9.17, 15) is 9.59 Å². The van der Waals surface area contributed by atoms with Gasteiger partial charge in [-0.2, -0.15) is 0 Å². The van der Waals surface area contributed by atoms with Gasteiger partial charge in [0.2, 0.25) is 6.54 Å². The van der Waals surface area contributed by atoms with E-state index < -0.39 is 0 Å². The summed E-state index contributed by atoms with van der Waals surface area (Å²) in [5, 5.41) is 0.607. The molecule has 158 valence electrons. The molecule has 1 unspecified atom stereocenters. The summed E-state index contributed by atoms with van der Waals surface area (Å²) in [4.78, 5) is 35.8. The third-order valence-electron chi connectivity index (χ3n) is 7.60. The van der Waals surface area contributed by atoms with Crippen LogP contribution in [-0.4, -0.2) is 53.2 Å². The maximum absolute atomic E-state index is 12.5. The van der Waals surface area contributed by atoms with Crippen molar-refractivity contribution in [1.29, 1.82) is 0 Å². The van der Waals surface area contributed by atoms with Crippen molar-refractivity contribution in [3.63, 3.8) is 0 Å². The van der Waals surface area contributed by atoms with Gasteiger partial charge in [-0.05, 0) is 69.7 Å². The molecule has 0 amide bonds. The Balaban J connectivity index is 1.47. The highest BCUT2D eigenvalue weighted by atomic mass is 16.2. The Hall–Kier alpha value is -2.59. The predicted octanol–water partition coefficient (Wildman–Crippen LogP) is 2.54. The molecule has 1 aliphatic heterocycles. The Morgan fingerprint density at radius 3 is 2.70 bits per heavy atom.